The minimum atomic E-state index is -1.89. The first-order chi connectivity index (χ1) is 20.8. The molecule has 240 valence electrons. The lowest BCUT2D eigenvalue weighted by molar-refractivity contribution is -0.350. The molecule has 1 aromatic heterocycles. The highest BCUT2D eigenvalue weighted by atomic mass is 127. The Morgan fingerprint density at radius 1 is 0.818 bits per heavy atom. The fourth-order valence-electron chi connectivity index (χ4n) is 4.76. The number of aliphatic hydroxyl groups is 7. The van der Waals surface area contributed by atoms with Gasteiger partial charge in [0.25, 0.3) is 0 Å². The molecule has 0 spiro atoms. The molecule has 5 rings (SSSR count). The number of aliphatic hydroxyl groups excluding tert-OH is 7. The zero-order valence-corrected chi connectivity index (χ0v) is 24.8. The monoisotopic (exact) mass is 736 g/mol. The maximum atomic E-state index is 12.9. The molecule has 2 fully saturated rings. The van der Waals surface area contributed by atoms with E-state index in [1.54, 1.807) is 22.6 Å². The predicted molar refractivity (Wildman–Crippen MR) is 153 cm³/mol. The molecule has 0 radical (unpaired) electrons. The van der Waals surface area contributed by atoms with E-state index in [4.69, 9.17) is 28.1 Å². The zero-order valence-electron chi connectivity index (χ0n) is 22.6. The average molecular weight is 736 g/mol. The van der Waals surface area contributed by atoms with Crippen molar-refractivity contribution >= 4 is 33.6 Å². The van der Waals surface area contributed by atoms with Crippen molar-refractivity contribution in [2.24, 2.45) is 0 Å². The van der Waals surface area contributed by atoms with Crippen LogP contribution in [0, 0.1) is 3.57 Å². The fourth-order valence-corrected chi connectivity index (χ4v) is 5.31. The number of methoxy groups -OCH3 is 1. The second-order valence-electron chi connectivity index (χ2n) is 10.1. The minimum Gasteiger partial charge on any atom is -0.506 e. The SMILES string of the molecule is COc1ccc(-c2cc(=O)c3c(O)c(I)c(O[C@@H]4O[C@H](CO[C@@H]5O[C@@H](O)[C@H](O)[C@@H](O)[C@H]5O)[C@@H](O)[C@H](O)[C@H]4O)cc3o2)cc1O. The van der Waals surface area contributed by atoms with Crippen LogP contribution in [0.5, 0.6) is 23.0 Å². The van der Waals surface area contributed by atoms with Gasteiger partial charge in [-0.25, -0.2) is 0 Å². The highest BCUT2D eigenvalue weighted by Gasteiger charge is 2.48. The molecule has 3 aromatic rings. The van der Waals surface area contributed by atoms with E-state index in [1.165, 1.54) is 31.4 Å². The van der Waals surface area contributed by atoms with Gasteiger partial charge in [0.1, 0.15) is 71.0 Å². The normalized spacial score (nSPS) is 32.5. The quantitative estimate of drug-likeness (QED) is 0.124. The molecule has 0 saturated carbocycles. The standard InChI is InChI=1S/C27H29IO16/c1-39-11-3-2-8(4-9(11)29)12-5-10(30)16-13(41-12)6-14(17(28)19(16)32)42-27-24(37)20(33)18(31)15(43-27)7-40-26-23(36)21(34)22(35)25(38)44-26/h2-6,15,18,20-27,29,31-38H,7H2,1H3/t15-,18-,20+,21-,22-,23-,24-,25-,26-,27-/m1/s1. The molecule has 2 aliphatic heterocycles. The summed E-state index contributed by atoms with van der Waals surface area (Å²) in [5.74, 6) is -0.638. The number of hydrogen-bond donors (Lipinski definition) is 9. The Labute approximate surface area is 260 Å². The van der Waals surface area contributed by atoms with Crippen LogP contribution in [0.3, 0.4) is 0 Å². The predicted octanol–water partition coefficient (Wildman–Crippen LogP) is -1.56. The lowest BCUT2D eigenvalue weighted by Gasteiger charge is -2.42. The fraction of sp³-hybridized carbons (Fsp3) is 0.444. The largest absolute Gasteiger partial charge is 0.506 e. The van der Waals surface area contributed by atoms with Crippen LogP contribution in [0.15, 0.2) is 39.5 Å². The first-order valence-electron chi connectivity index (χ1n) is 13.0. The van der Waals surface area contributed by atoms with Crippen molar-refractivity contribution < 1.29 is 74.1 Å². The lowest BCUT2D eigenvalue weighted by atomic mass is 9.99. The van der Waals surface area contributed by atoms with Crippen LogP contribution < -0.4 is 14.9 Å². The van der Waals surface area contributed by atoms with Crippen LogP contribution in [0.1, 0.15) is 0 Å². The number of benzene rings is 2. The number of ether oxygens (including phenoxy) is 5. The second kappa shape index (κ2) is 12.9. The van der Waals surface area contributed by atoms with Crippen molar-refractivity contribution in [3.8, 4) is 34.3 Å². The maximum Gasteiger partial charge on any atom is 0.229 e. The van der Waals surface area contributed by atoms with E-state index in [0.717, 1.165) is 6.07 Å². The van der Waals surface area contributed by atoms with Gasteiger partial charge in [0.2, 0.25) is 6.29 Å². The lowest BCUT2D eigenvalue weighted by Crippen LogP contribution is -2.61. The minimum absolute atomic E-state index is 0.0155. The molecule has 0 amide bonds. The molecule has 9 N–H and O–H groups in total. The summed E-state index contributed by atoms with van der Waals surface area (Å²) in [5, 5.41) is 91.6. The van der Waals surface area contributed by atoms with Gasteiger partial charge < -0.3 is 74.1 Å². The number of aromatic hydroxyl groups is 2. The Kier molecular flexibility index (Phi) is 9.54. The molecule has 2 aromatic carbocycles. The third-order valence-electron chi connectivity index (χ3n) is 7.24. The van der Waals surface area contributed by atoms with E-state index >= 15 is 0 Å². The average Bonchev–Trinajstić information content (AvgIpc) is 3.00. The summed E-state index contributed by atoms with van der Waals surface area (Å²) in [7, 11) is 1.37. The smallest absolute Gasteiger partial charge is 0.229 e. The zero-order chi connectivity index (χ0) is 32.0. The second-order valence-corrected chi connectivity index (χ2v) is 11.2. The van der Waals surface area contributed by atoms with Gasteiger partial charge in [-0.05, 0) is 40.8 Å². The Morgan fingerprint density at radius 3 is 2.18 bits per heavy atom. The van der Waals surface area contributed by atoms with Gasteiger partial charge in [0.15, 0.2) is 29.5 Å². The van der Waals surface area contributed by atoms with Crippen molar-refractivity contribution in [1.82, 2.24) is 0 Å². The van der Waals surface area contributed by atoms with E-state index in [1.807, 2.05) is 0 Å². The van der Waals surface area contributed by atoms with Crippen molar-refractivity contribution in [3.63, 3.8) is 0 Å². The van der Waals surface area contributed by atoms with E-state index in [2.05, 4.69) is 0 Å². The molecule has 0 bridgehead atoms. The van der Waals surface area contributed by atoms with Gasteiger partial charge in [-0.3, -0.25) is 4.79 Å². The van der Waals surface area contributed by atoms with E-state index in [-0.39, 0.29) is 37.5 Å². The van der Waals surface area contributed by atoms with Gasteiger partial charge >= 0.3 is 0 Å². The van der Waals surface area contributed by atoms with E-state index in [9.17, 15) is 50.8 Å². The third-order valence-corrected chi connectivity index (χ3v) is 8.28. The van der Waals surface area contributed by atoms with Crippen molar-refractivity contribution in [1.29, 1.82) is 0 Å². The molecule has 0 unspecified atom stereocenters. The van der Waals surface area contributed by atoms with Gasteiger partial charge in [0.05, 0.1) is 17.3 Å². The molecule has 17 heteroatoms. The molecule has 2 saturated heterocycles. The highest BCUT2D eigenvalue weighted by Crippen LogP contribution is 2.39. The topological polar surface area (TPSA) is 258 Å². The van der Waals surface area contributed by atoms with E-state index in [0.29, 0.717) is 5.56 Å². The first-order valence-corrected chi connectivity index (χ1v) is 14.1. The number of halogens is 1. The van der Waals surface area contributed by atoms with Crippen LogP contribution in [0.25, 0.3) is 22.3 Å². The Hall–Kier alpha value is -2.82. The number of rotatable bonds is 7. The molecular formula is C27H29IO16. The number of phenolic OH excluding ortho intramolecular Hbond substituents is 2. The van der Waals surface area contributed by atoms with Crippen LogP contribution in [-0.2, 0) is 14.2 Å². The van der Waals surface area contributed by atoms with Crippen LogP contribution in [-0.4, -0.2) is 121 Å². The highest BCUT2D eigenvalue weighted by molar-refractivity contribution is 14.1. The van der Waals surface area contributed by atoms with Gasteiger partial charge in [-0.2, -0.15) is 0 Å². The molecule has 44 heavy (non-hydrogen) atoms. The van der Waals surface area contributed by atoms with Gasteiger partial charge in [-0.15, -0.1) is 0 Å². The molecule has 2 aliphatic rings. The summed E-state index contributed by atoms with van der Waals surface area (Å²) in [6, 6.07) is 6.68. The molecule has 3 heterocycles. The van der Waals surface area contributed by atoms with Crippen LogP contribution in [0.4, 0.5) is 0 Å². The Morgan fingerprint density at radius 2 is 1.50 bits per heavy atom. The molecule has 16 nitrogen and oxygen atoms in total. The summed E-state index contributed by atoms with van der Waals surface area (Å²) in [5.41, 5.74) is -0.433. The van der Waals surface area contributed by atoms with Crippen molar-refractivity contribution in [2.45, 2.75) is 61.6 Å². The number of phenols is 2. The number of hydrogen-bond acceptors (Lipinski definition) is 16. The summed E-state index contributed by atoms with van der Waals surface area (Å²) < 4.78 is 32.5. The number of fused-ring (bicyclic) bond motifs is 1. The Balaban J connectivity index is 1.40. The van der Waals surface area contributed by atoms with Crippen LogP contribution >= 0.6 is 22.6 Å². The summed E-state index contributed by atoms with van der Waals surface area (Å²) in [6.07, 6.45) is -17.5. The van der Waals surface area contributed by atoms with E-state index < -0.39 is 79.4 Å². The van der Waals surface area contributed by atoms with Gasteiger partial charge in [-0.1, -0.05) is 0 Å². The maximum absolute atomic E-state index is 12.9. The van der Waals surface area contributed by atoms with Crippen LogP contribution in [0.2, 0.25) is 0 Å². The van der Waals surface area contributed by atoms with Crippen molar-refractivity contribution in [2.75, 3.05) is 13.7 Å². The third kappa shape index (κ3) is 6.05. The van der Waals surface area contributed by atoms with Crippen molar-refractivity contribution in [3.05, 3.63) is 44.1 Å². The van der Waals surface area contributed by atoms with Gasteiger partial charge in [0, 0.05) is 17.7 Å². The molecular weight excluding hydrogens is 707 g/mol. The Bertz CT molecular complexity index is 1560. The summed E-state index contributed by atoms with van der Waals surface area (Å²) in [6.45, 7) is -0.616. The summed E-state index contributed by atoms with van der Waals surface area (Å²) >= 11 is 1.68. The molecule has 0 aliphatic carbocycles. The summed E-state index contributed by atoms with van der Waals surface area (Å²) in [4.78, 5) is 12.9. The first kappa shape index (κ1) is 32.6. The molecule has 10 atom stereocenters.